The fraction of sp³-hybridized carbons (Fsp3) is 0.412. The number of aliphatic hydroxyl groups excluding tert-OH is 1. The minimum Gasteiger partial charge on any atom is -0.397 e. The number of anilines is 3. The van der Waals surface area contributed by atoms with Crippen LogP contribution in [0.15, 0.2) is 72.8 Å². The van der Waals surface area contributed by atoms with Crippen molar-refractivity contribution in [2.75, 3.05) is 49.2 Å². The van der Waals surface area contributed by atoms with Crippen LogP contribution in [0.5, 0.6) is 0 Å². The van der Waals surface area contributed by atoms with Gasteiger partial charge in [0.25, 0.3) is 0 Å². The first-order valence-corrected chi connectivity index (χ1v) is 15.3. The number of rotatable bonds is 12. The van der Waals surface area contributed by atoms with E-state index in [4.69, 9.17) is 19.9 Å². The Balaban J connectivity index is 1.12. The van der Waals surface area contributed by atoms with Gasteiger partial charge < -0.3 is 35.7 Å². The summed E-state index contributed by atoms with van der Waals surface area (Å²) in [6, 6.07) is 22.5. The Morgan fingerprint density at radius 3 is 2.18 bits per heavy atom. The van der Waals surface area contributed by atoms with Crippen molar-refractivity contribution in [3.63, 3.8) is 0 Å². The molecule has 2 amide bonds. The summed E-state index contributed by atoms with van der Waals surface area (Å²) in [5, 5.41) is 15.2. The molecule has 2 heterocycles. The maximum absolute atomic E-state index is 12.6. The summed E-state index contributed by atoms with van der Waals surface area (Å²) in [6.45, 7) is 4.01. The highest BCUT2D eigenvalue weighted by molar-refractivity contribution is 5.94. The number of nitrogens with one attached hydrogen (secondary N) is 2. The molecular weight excluding hydrogens is 560 g/mol. The number of unbranched alkanes of at least 4 members (excludes halogenated alkanes) is 1. The van der Waals surface area contributed by atoms with E-state index in [1.165, 1.54) is 0 Å². The van der Waals surface area contributed by atoms with Crippen molar-refractivity contribution in [1.82, 2.24) is 4.90 Å². The van der Waals surface area contributed by atoms with E-state index >= 15 is 0 Å². The van der Waals surface area contributed by atoms with Gasteiger partial charge in [-0.3, -0.25) is 14.5 Å². The summed E-state index contributed by atoms with van der Waals surface area (Å²) in [4.78, 5) is 27.1. The van der Waals surface area contributed by atoms with Crippen LogP contribution >= 0.6 is 0 Å². The summed E-state index contributed by atoms with van der Waals surface area (Å²) in [7, 11) is 0. The normalized spacial score (nSPS) is 20.6. The first-order valence-electron chi connectivity index (χ1n) is 15.3. The number of ether oxygens (including phenoxy) is 3. The van der Waals surface area contributed by atoms with Gasteiger partial charge in [-0.15, -0.1) is 0 Å². The maximum Gasteiger partial charge on any atom is 0.224 e. The Labute approximate surface area is 258 Å². The smallest absolute Gasteiger partial charge is 0.224 e. The summed E-state index contributed by atoms with van der Waals surface area (Å²) in [5.41, 5.74) is 10.5. The number of carbonyl (C=O) groups excluding carboxylic acids is 2. The highest BCUT2D eigenvalue weighted by Gasteiger charge is 2.33. The van der Waals surface area contributed by atoms with Gasteiger partial charge in [-0.2, -0.15) is 0 Å². The fourth-order valence-electron chi connectivity index (χ4n) is 5.45. The van der Waals surface area contributed by atoms with E-state index in [1.807, 2.05) is 60.7 Å². The van der Waals surface area contributed by atoms with Crippen molar-refractivity contribution in [3.05, 3.63) is 89.5 Å². The van der Waals surface area contributed by atoms with Gasteiger partial charge in [-0.25, -0.2) is 0 Å². The molecule has 0 radical (unpaired) electrons. The molecule has 5 rings (SSSR count). The van der Waals surface area contributed by atoms with Crippen LogP contribution in [0.3, 0.4) is 0 Å². The van der Waals surface area contributed by atoms with E-state index in [1.54, 1.807) is 12.1 Å². The molecule has 3 aromatic carbocycles. The maximum atomic E-state index is 12.6. The molecule has 3 unspecified atom stereocenters. The summed E-state index contributed by atoms with van der Waals surface area (Å²) < 4.78 is 18.4. The molecule has 0 aromatic heterocycles. The molecule has 2 fully saturated rings. The zero-order valence-corrected chi connectivity index (χ0v) is 25.0. The first-order chi connectivity index (χ1) is 21.5. The molecule has 5 N–H and O–H groups in total. The summed E-state index contributed by atoms with van der Waals surface area (Å²) >= 11 is 0. The quantitative estimate of drug-likeness (QED) is 0.172. The second-order valence-corrected chi connectivity index (χ2v) is 11.3. The van der Waals surface area contributed by atoms with E-state index in [0.717, 1.165) is 56.0 Å². The van der Waals surface area contributed by atoms with Crippen LogP contribution in [0.4, 0.5) is 17.1 Å². The molecule has 10 nitrogen and oxygen atoms in total. The molecule has 2 aliphatic heterocycles. The number of hydrogen-bond donors (Lipinski definition) is 4. The minimum absolute atomic E-state index is 0.00191. The van der Waals surface area contributed by atoms with Gasteiger partial charge in [0.05, 0.1) is 43.4 Å². The van der Waals surface area contributed by atoms with E-state index in [2.05, 4.69) is 15.5 Å². The third-order valence-corrected chi connectivity index (χ3v) is 7.94. The number of amides is 2. The van der Waals surface area contributed by atoms with Crippen molar-refractivity contribution in [2.24, 2.45) is 0 Å². The highest BCUT2D eigenvalue weighted by atomic mass is 16.7. The fourth-order valence-corrected chi connectivity index (χ4v) is 5.45. The zero-order chi connectivity index (χ0) is 30.7. The zero-order valence-electron chi connectivity index (χ0n) is 25.0. The number of benzene rings is 3. The number of aliphatic hydroxyl groups is 1. The number of para-hydroxylation sites is 2. The Morgan fingerprint density at radius 2 is 1.50 bits per heavy atom. The molecule has 3 aromatic rings. The Bertz CT molecular complexity index is 1360. The topological polar surface area (TPSA) is 135 Å². The lowest BCUT2D eigenvalue weighted by molar-refractivity contribution is -0.253. The molecule has 0 saturated carbocycles. The summed E-state index contributed by atoms with van der Waals surface area (Å²) in [5.74, 6) is -0.227. The highest BCUT2D eigenvalue weighted by Crippen LogP contribution is 2.38. The van der Waals surface area contributed by atoms with E-state index in [0.29, 0.717) is 42.7 Å². The van der Waals surface area contributed by atoms with Crippen LogP contribution < -0.4 is 16.4 Å². The molecule has 0 spiro atoms. The number of morpholine rings is 1. The molecule has 10 heteroatoms. The average molecular weight is 603 g/mol. The third-order valence-electron chi connectivity index (χ3n) is 7.94. The van der Waals surface area contributed by atoms with Crippen LogP contribution in [0.25, 0.3) is 0 Å². The standard InChI is InChI=1S/C34H42N4O6/c35-29-5-1-2-6-30(29)37-33(41)8-4-3-7-32(40)36-27-15-13-26(14-16-27)34-43-28(22-38-17-19-42-20-18-38)21-31(44-34)25-11-9-24(23-39)10-12-25/h1-2,5-6,9-16,28,31,34,39H,3-4,7-8,17-23,35H2,(H,36,40)(H,37,41). The lowest BCUT2D eigenvalue weighted by atomic mass is 9.99. The average Bonchev–Trinajstić information content (AvgIpc) is 3.05. The molecule has 234 valence electrons. The Hall–Kier alpha value is -3.80. The van der Waals surface area contributed by atoms with Gasteiger partial charge in [0.15, 0.2) is 6.29 Å². The molecule has 0 bridgehead atoms. The number of nitrogen functional groups attached to an aromatic ring is 1. The molecule has 2 aliphatic rings. The van der Waals surface area contributed by atoms with Gasteiger partial charge in [0.1, 0.15) is 0 Å². The van der Waals surface area contributed by atoms with Gasteiger partial charge >= 0.3 is 0 Å². The number of carbonyl (C=O) groups is 2. The number of nitrogens with two attached hydrogens (primary N) is 1. The second-order valence-electron chi connectivity index (χ2n) is 11.3. The molecule has 3 atom stereocenters. The minimum atomic E-state index is -0.556. The Morgan fingerprint density at radius 1 is 0.841 bits per heavy atom. The first kappa shape index (κ1) is 31.6. The Kier molecular flexibility index (Phi) is 11.3. The molecule has 2 saturated heterocycles. The van der Waals surface area contributed by atoms with Gasteiger partial charge in [0.2, 0.25) is 11.8 Å². The van der Waals surface area contributed by atoms with E-state index in [9.17, 15) is 14.7 Å². The SMILES string of the molecule is Nc1ccccc1NC(=O)CCCCC(=O)Nc1ccc(C2OC(CN3CCOCC3)CC(c3ccc(CO)cc3)O2)cc1. The molecule has 0 aliphatic carbocycles. The van der Waals surface area contributed by atoms with E-state index < -0.39 is 6.29 Å². The predicted octanol–water partition coefficient (Wildman–Crippen LogP) is 4.78. The van der Waals surface area contributed by atoms with Crippen LogP contribution in [0, 0.1) is 0 Å². The van der Waals surface area contributed by atoms with Crippen LogP contribution in [-0.2, 0) is 30.4 Å². The number of nitrogens with zero attached hydrogens (tertiary/aromatic N) is 1. The molecule has 44 heavy (non-hydrogen) atoms. The van der Waals surface area contributed by atoms with Crippen LogP contribution in [0.2, 0.25) is 0 Å². The van der Waals surface area contributed by atoms with Gasteiger partial charge in [0, 0.05) is 50.1 Å². The number of hydrogen-bond acceptors (Lipinski definition) is 8. The predicted molar refractivity (Wildman–Crippen MR) is 169 cm³/mol. The van der Waals surface area contributed by atoms with Crippen molar-refractivity contribution in [2.45, 2.75) is 57.2 Å². The second kappa shape index (κ2) is 15.8. The van der Waals surface area contributed by atoms with Crippen molar-refractivity contribution in [1.29, 1.82) is 0 Å². The summed E-state index contributed by atoms with van der Waals surface area (Å²) in [6.07, 6.45) is 1.81. The monoisotopic (exact) mass is 602 g/mol. The van der Waals surface area contributed by atoms with Crippen molar-refractivity contribution in [3.8, 4) is 0 Å². The van der Waals surface area contributed by atoms with Gasteiger partial charge in [-0.05, 0) is 48.2 Å². The van der Waals surface area contributed by atoms with Crippen molar-refractivity contribution >= 4 is 28.9 Å². The third kappa shape index (κ3) is 9.10. The lowest BCUT2D eigenvalue weighted by Gasteiger charge is -2.39. The van der Waals surface area contributed by atoms with Gasteiger partial charge in [-0.1, -0.05) is 48.5 Å². The van der Waals surface area contributed by atoms with Crippen LogP contribution in [0.1, 0.15) is 61.2 Å². The molecular formula is C34H42N4O6. The van der Waals surface area contributed by atoms with Crippen LogP contribution in [-0.4, -0.2) is 60.8 Å². The largest absolute Gasteiger partial charge is 0.397 e. The van der Waals surface area contributed by atoms with Crippen molar-refractivity contribution < 1.29 is 28.9 Å². The van der Waals surface area contributed by atoms with E-state index in [-0.39, 0.29) is 30.6 Å². The lowest BCUT2D eigenvalue weighted by Crippen LogP contribution is -2.44.